The molecular weight excluding hydrogens is 421 g/mol. The number of ether oxygens (including phenoxy) is 1. The zero-order chi connectivity index (χ0) is 19.1. The molecule has 2 heterocycles. The Morgan fingerprint density at radius 2 is 2.19 bits per heavy atom. The molecule has 0 spiro atoms. The maximum absolute atomic E-state index is 13.3. The van der Waals surface area contributed by atoms with Crippen molar-refractivity contribution in [1.82, 2.24) is 10.3 Å². The number of hydrogen-bond acceptors (Lipinski definition) is 6. The van der Waals surface area contributed by atoms with Crippen molar-refractivity contribution in [2.45, 2.75) is 19.9 Å². The van der Waals surface area contributed by atoms with E-state index < -0.39 is 6.04 Å². The number of halogens is 2. The number of aromatic nitrogens is 1. The van der Waals surface area contributed by atoms with E-state index in [1.54, 1.807) is 19.4 Å². The fourth-order valence-electron chi connectivity index (χ4n) is 2.25. The highest BCUT2D eigenvalue weighted by Gasteiger charge is 2.26. The van der Waals surface area contributed by atoms with E-state index in [1.807, 2.05) is 19.2 Å². The van der Waals surface area contributed by atoms with Crippen LogP contribution in [0.3, 0.4) is 0 Å². The Morgan fingerprint density at radius 3 is 2.73 bits per heavy atom. The summed E-state index contributed by atoms with van der Waals surface area (Å²) in [7, 11) is 1.68. The van der Waals surface area contributed by atoms with E-state index in [2.05, 4.69) is 36.0 Å². The molecule has 0 bridgehead atoms. The SMILES string of the molecule is CC1=C(C=O)C(c2ccc(F)cc2Br)N=C(c2nccs2)N1.CCOC. The van der Waals surface area contributed by atoms with E-state index in [4.69, 9.17) is 0 Å². The van der Waals surface area contributed by atoms with E-state index in [-0.39, 0.29) is 5.82 Å². The van der Waals surface area contributed by atoms with Crippen LogP contribution >= 0.6 is 27.3 Å². The van der Waals surface area contributed by atoms with Crippen LogP contribution in [0.1, 0.15) is 30.5 Å². The van der Waals surface area contributed by atoms with Crippen LogP contribution in [0.2, 0.25) is 0 Å². The van der Waals surface area contributed by atoms with Crippen molar-refractivity contribution in [2.24, 2.45) is 4.99 Å². The average Bonchev–Trinajstić information content (AvgIpc) is 3.16. The van der Waals surface area contributed by atoms with E-state index in [0.717, 1.165) is 29.2 Å². The Balaban J connectivity index is 0.000000552. The zero-order valence-corrected chi connectivity index (χ0v) is 17.0. The predicted molar refractivity (Wildman–Crippen MR) is 105 cm³/mol. The molecule has 0 fully saturated rings. The molecule has 1 aliphatic rings. The third-order valence-corrected chi connectivity index (χ3v) is 5.07. The van der Waals surface area contributed by atoms with Gasteiger partial charge in [0, 0.05) is 41.0 Å². The van der Waals surface area contributed by atoms with Gasteiger partial charge < -0.3 is 10.1 Å². The number of methoxy groups -OCH3 is 1. The normalized spacial score (nSPS) is 16.3. The Kier molecular flexibility index (Phi) is 7.62. The number of carbonyl (C=O) groups is 1. The molecule has 0 saturated heterocycles. The van der Waals surface area contributed by atoms with Crippen molar-refractivity contribution >= 4 is 39.4 Å². The molecule has 3 rings (SSSR count). The van der Waals surface area contributed by atoms with Crippen molar-refractivity contribution in [3.63, 3.8) is 0 Å². The van der Waals surface area contributed by atoms with Gasteiger partial charge in [-0.1, -0.05) is 22.0 Å². The minimum absolute atomic E-state index is 0.345. The van der Waals surface area contributed by atoms with Crippen molar-refractivity contribution in [1.29, 1.82) is 0 Å². The zero-order valence-electron chi connectivity index (χ0n) is 14.6. The van der Waals surface area contributed by atoms with E-state index >= 15 is 0 Å². The summed E-state index contributed by atoms with van der Waals surface area (Å²) in [5, 5.41) is 5.71. The van der Waals surface area contributed by atoms with Gasteiger partial charge in [-0.3, -0.25) is 9.79 Å². The Hall–Kier alpha value is -1.90. The molecular formula is C18H19BrFN3O2S. The second-order valence-corrected chi connectivity index (χ2v) is 7.03. The molecule has 8 heteroatoms. The smallest absolute Gasteiger partial charge is 0.163 e. The van der Waals surface area contributed by atoms with Gasteiger partial charge in [-0.05, 0) is 31.5 Å². The van der Waals surface area contributed by atoms with Crippen LogP contribution in [0.25, 0.3) is 0 Å². The summed E-state index contributed by atoms with van der Waals surface area (Å²) in [6, 6.07) is 3.87. The van der Waals surface area contributed by atoms with Gasteiger partial charge in [0.05, 0.1) is 0 Å². The lowest BCUT2D eigenvalue weighted by Crippen LogP contribution is -2.30. The average molecular weight is 440 g/mol. The molecule has 0 aliphatic carbocycles. The predicted octanol–water partition coefficient (Wildman–Crippen LogP) is 4.26. The summed E-state index contributed by atoms with van der Waals surface area (Å²) in [5.41, 5.74) is 1.97. The molecule has 0 radical (unpaired) electrons. The van der Waals surface area contributed by atoms with Crippen molar-refractivity contribution in [3.8, 4) is 0 Å². The number of nitrogens with zero attached hydrogens (tertiary/aromatic N) is 2. The van der Waals surface area contributed by atoms with Gasteiger partial charge in [-0.2, -0.15) is 0 Å². The van der Waals surface area contributed by atoms with E-state index in [0.29, 0.717) is 15.9 Å². The number of benzene rings is 1. The molecule has 1 unspecified atom stereocenters. The molecule has 1 aromatic carbocycles. The fraction of sp³-hybridized carbons (Fsp3) is 0.278. The number of thiazole rings is 1. The first-order valence-corrected chi connectivity index (χ1v) is 9.53. The Labute approximate surface area is 164 Å². The van der Waals surface area contributed by atoms with Gasteiger partial charge in [0.15, 0.2) is 10.8 Å². The largest absolute Gasteiger partial charge is 0.385 e. The first kappa shape index (κ1) is 20.4. The number of allylic oxidation sites excluding steroid dienone is 1. The summed E-state index contributed by atoms with van der Waals surface area (Å²) in [6.07, 6.45) is 2.48. The van der Waals surface area contributed by atoms with Gasteiger partial charge in [0.2, 0.25) is 0 Å². The molecule has 0 saturated carbocycles. The third kappa shape index (κ3) is 4.84. The van der Waals surface area contributed by atoms with Crippen molar-refractivity contribution in [2.75, 3.05) is 13.7 Å². The first-order chi connectivity index (χ1) is 12.5. The highest BCUT2D eigenvalue weighted by Crippen LogP contribution is 2.35. The lowest BCUT2D eigenvalue weighted by molar-refractivity contribution is -0.105. The van der Waals surface area contributed by atoms with Crippen LogP contribution in [0.15, 0.2) is 50.5 Å². The molecule has 1 aliphatic heterocycles. The summed E-state index contributed by atoms with van der Waals surface area (Å²) in [4.78, 5) is 20.3. The molecule has 0 amide bonds. The summed E-state index contributed by atoms with van der Waals surface area (Å²) in [6.45, 7) is 4.59. The molecule has 1 aromatic heterocycles. The van der Waals surface area contributed by atoms with Gasteiger partial charge in [-0.25, -0.2) is 9.37 Å². The first-order valence-electron chi connectivity index (χ1n) is 7.86. The van der Waals surface area contributed by atoms with Crippen LogP contribution in [-0.2, 0) is 9.53 Å². The summed E-state index contributed by atoms with van der Waals surface area (Å²) in [5.74, 6) is 0.265. The van der Waals surface area contributed by atoms with Crippen molar-refractivity contribution < 1.29 is 13.9 Å². The lowest BCUT2D eigenvalue weighted by atomic mass is 9.97. The molecule has 2 aromatic rings. The van der Waals surface area contributed by atoms with Gasteiger partial charge >= 0.3 is 0 Å². The highest BCUT2D eigenvalue weighted by molar-refractivity contribution is 9.10. The van der Waals surface area contributed by atoms with Crippen LogP contribution < -0.4 is 5.32 Å². The van der Waals surface area contributed by atoms with Gasteiger partial charge in [0.1, 0.15) is 18.1 Å². The summed E-state index contributed by atoms with van der Waals surface area (Å²) >= 11 is 4.80. The number of aliphatic imine (C=N–C) groups is 1. The number of rotatable bonds is 4. The fourth-order valence-corrected chi connectivity index (χ4v) is 3.40. The van der Waals surface area contributed by atoms with E-state index in [9.17, 15) is 9.18 Å². The van der Waals surface area contributed by atoms with Crippen LogP contribution in [0.5, 0.6) is 0 Å². The maximum atomic E-state index is 13.3. The maximum Gasteiger partial charge on any atom is 0.163 e. The Morgan fingerprint density at radius 1 is 1.46 bits per heavy atom. The van der Waals surface area contributed by atoms with Crippen molar-refractivity contribution in [3.05, 3.63) is 61.9 Å². The lowest BCUT2D eigenvalue weighted by Gasteiger charge is -2.24. The quantitative estimate of drug-likeness (QED) is 0.722. The second-order valence-electron chi connectivity index (χ2n) is 5.28. The van der Waals surface area contributed by atoms with Gasteiger partial charge in [-0.15, -0.1) is 11.3 Å². The minimum atomic E-state index is -0.493. The topological polar surface area (TPSA) is 63.6 Å². The minimum Gasteiger partial charge on any atom is -0.385 e. The molecule has 26 heavy (non-hydrogen) atoms. The standard InChI is InChI=1S/C15H11BrFN3OS.C3H8O/c1-8-11(7-21)13(10-3-2-9(17)6-12(10)16)20-14(19-8)15-18-4-5-22-15;1-3-4-2/h2-7,13H,1H3,(H,19,20);3H2,1-2H3. The van der Waals surface area contributed by atoms with Gasteiger partial charge in [0.25, 0.3) is 0 Å². The summed E-state index contributed by atoms with van der Waals surface area (Å²) < 4.78 is 18.4. The highest BCUT2D eigenvalue weighted by atomic mass is 79.9. The number of aldehydes is 1. The van der Waals surface area contributed by atoms with Crippen LogP contribution in [0.4, 0.5) is 4.39 Å². The van der Waals surface area contributed by atoms with Crippen LogP contribution in [-0.4, -0.2) is 30.8 Å². The molecule has 1 N–H and O–H groups in total. The monoisotopic (exact) mass is 439 g/mol. The second kappa shape index (κ2) is 9.70. The number of hydrogen-bond donors (Lipinski definition) is 1. The molecule has 5 nitrogen and oxygen atoms in total. The molecule has 138 valence electrons. The van der Waals surface area contributed by atoms with Crippen LogP contribution in [0, 0.1) is 5.82 Å². The Bertz CT molecular complexity index is 820. The molecule has 1 atom stereocenters. The third-order valence-electron chi connectivity index (χ3n) is 3.60. The number of nitrogens with one attached hydrogen (secondary N) is 1. The number of carbonyl (C=O) groups excluding carboxylic acids is 1. The number of amidine groups is 1. The van der Waals surface area contributed by atoms with E-state index in [1.165, 1.54) is 23.5 Å².